The van der Waals surface area contributed by atoms with Crippen molar-refractivity contribution in [1.29, 1.82) is 0 Å². The summed E-state index contributed by atoms with van der Waals surface area (Å²) in [7, 11) is 0.500. The molecule has 0 aromatic carbocycles. The van der Waals surface area contributed by atoms with Gasteiger partial charge in [0.15, 0.2) is 0 Å². The van der Waals surface area contributed by atoms with E-state index in [1.807, 2.05) is 0 Å². The molecule has 1 nitrogen and oxygen atoms in total. The van der Waals surface area contributed by atoms with Gasteiger partial charge >= 0.3 is 18.5 Å². The second kappa shape index (κ2) is 9.45. The highest BCUT2D eigenvalue weighted by Crippen LogP contribution is 2.36. The second-order valence-electron chi connectivity index (χ2n) is 2.67. The molecule has 0 aliphatic carbocycles. The fraction of sp³-hybridized carbons (Fsp3) is 0.556. The zero-order chi connectivity index (χ0) is 18.1. The lowest BCUT2D eigenvalue weighted by atomic mass is 10.3. The molecule has 0 aliphatic rings. The first-order chi connectivity index (χ1) is 9.13. The van der Waals surface area contributed by atoms with Gasteiger partial charge in [0, 0.05) is 6.08 Å². The Balaban J connectivity index is -0.000000339. The summed E-state index contributed by atoms with van der Waals surface area (Å²) in [6.07, 6.45) is -20.0. The highest BCUT2D eigenvalue weighted by atomic mass is 19.4. The maximum Gasteiger partial charge on any atom is 0.440 e. The van der Waals surface area contributed by atoms with Gasteiger partial charge in [-0.15, -0.1) is 0 Å². The molecule has 21 heavy (non-hydrogen) atoms. The van der Waals surface area contributed by atoms with Gasteiger partial charge in [-0.1, -0.05) is 6.58 Å². The summed E-state index contributed by atoms with van der Waals surface area (Å²) in [5.41, 5.74) is 0. The van der Waals surface area contributed by atoms with Crippen molar-refractivity contribution < 1.29 is 53.0 Å². The van der Waals surface area contributed by atoms with Gasteiger partial charge in [-0.05, 0) is 6.58 Å². The monoisotopic (exact) mass is 342 g/mol. The van der Waals surface area contributed by atoms with Crippen LogP contribution in [-0.2, 0) is 4.74 Å². The number of rotatable bonds is 3. The quantitative estimate of drug-likeness (QED) is 0.386. The zero-order valence-corrected chi connectivity index (χ0v) is 10.1. The summed E-state index contributed by atoms with van der Waals surface area (Å²) in [5, 5.41) is 0. The molecular formula is C9H9F11O. The van der Waals surface area contributed by atoms with Gasteiger partial charge in [-0.3, -0.25) is 4.39 Å². The minimum Gasteiger partial charge on any atom is -0.404 e. The molecule has 0 rings (SSSR count). The molecule has 12 heteroatoms. The standard InChI is InChI=1S/C5H3F7O.C3H3F3.CH3F/c1-2(6)13-5(11,12)3(7)4(8,9)10;1-2-3(4,5)6;1-2/h3H,1H2;2H,1H2;1H3. The van der Waals surface area contributed by atoms with Crippen molar-refractivity contribution in [2.75, 3.05) is 7.18 Å². The Morgan fingerprint density at radius 3 is 1.43 bits per heavy atom. The van der Waals surface area contributed by atoms with E-state index < -0.39 is 30.6 Å². The van der Waals surface area contributed by atoms with Crippen molar-refractivity contribution in [2.24, 2.45) is 0 Å². The lowest BCUT2D eigenvalue weighted by Gasteiger charge is -2.21. The first kappa shape index (κ1) is 24.5. The van der Waals surface area contributed by atoms with Gasteiger partial charge in [0.2, 0.25) is 0 Å². The molecule has 1 unspecified atom stereocenters. The molecule has 0 fully saturated rings. The van der Waals surface area contributed by atoms with Gasteiger partial charge in [0.25, 0.3) is 12.2 Å². The third-order valence-corrected chi connectivity index (χ3v) is 1.06. The van der Waals surface area contributed by atoms with E-state index >= 15 is 0 Å². The maximum absolute atomic E-state index is 11.9. The Morgan fingerprint density at radius 2 is 1.29 bits per heavy atom. The predicted octanol–water partition coefficient (Wildman–Crippen LogP) is 5.26. The largest absolute Gasteiger partial charge is 0.440 e. The van der Waals surface area contributed by atoms with Crippen molar-refractivity contribution in [2.45, 2.75) is 24.6 Å². The summed E-state index contributed by atoms with van der Waals surface area (Å²) < 4.78 is 125. The lowest BCUT2D eigenvalue weighted by molar-refractivity contribution is -0.328. The SMILES string of the molecule is C=C(F)OC(F)(F)C(F)C(F)(F)F.C=CC(F)(F)F.CF. The van der Waals surface area contributed by atoms with E-state index in [0.29, 0.717) is 7.18 Å². The van der Waals surface area contributed by atoms with E-state index in [4.69, 9.17) is 0 Å². The Bertz CT molecular complexity index is 304. The summed E-state index contributed by atoms with van der Waals surface area (Å²) in [6, 6.07) is -2.20. The van der Waals surface area contributed by atoms with Gasteiger partial charge < -0.3 is 4.74 Å². The molecule has 0 bridgehead atoms. The fourth-order valence-corrected chi connectivity index (χ4v) is 0.390. The Kier molecular flexibility index (Phi) is 11.0. The molecule has 128 valence electrons. The Morgan fingerprint density at radius 1 is 1.00 bits per heavy atom. The van der Waals surface area contributed by atoms with Crippen LogP contribution in [0.3, 0.4) is 0 Å². The van der Waals surface area contributed by atoms with Gasteiger partial charge in [-0.2, -0.15) is 39.5 Å². The molecule has 0 saturated carbocycles. The van der Waals surface area contributed by atoms with Gasteiger partial charge in [-0.25, -0.2) is 4.39 Å². The van der Waals surface area contributed by atoms with E-state index in [1.54, 1.807) is 0 Å². The number of ether oxygens (including phenoxy) is 1. The average molecular weight is 342 g/mol. The Labute approximate surface area is 111 Å². The molecule has 0 saturated heterocycles. The van der Waals surface area contributed by atoms with Gasteiger partial charge in [0.1, 0.15) is 0 Å². The van der Waals surface area contributed by atoms with E-state index in [2.05, 4.69) is 17.9 Å². The van der Waals surface area contributed by atoms with Crippen LogP contribution in [0.1, 0.15) is 0 Å². The fourth-order valence-electron chi connectivity index (χ4n) is 0.390. The van der Waals surface area contributed by atoms with Crippen LogP contribution in [0.4, 0.5) is 48.3 Å². The normalized spacial score (nSPS) is 13.0. The highest BCUT2D eigenvalue weighted by Gasteiger charge is 2.59. The molecule has 1 atom stereocenters. The number of halogens is 11. The third-order valence-electron chi connectivity index (χ3n) is 1.06. The van der Waals surface area contributed by atoms with Crippen molar-refractivity contribution in [3.8, 4) is 0 Å². The van der Waals surface area contributed by atoms with Crippen molar-refractivity contribution in [1.82, 2.24) is 0 Å². The third kappa shape index (κ3) is 14.7. The van der Waals surface area contributed by atoms with Gasteiger partial charge in [0.05, 0.1) is 7.18 Å². The van der Waals surface area contributed by atoms with Crippen LogP contribution in [0.15, 0.2) is 25.2 Å². The topological polar surface area (TPSA) is 9.23 Å². The summed E-state index contributed by atoms with van der Waals surface area (Å²) in [5.74, 6) is 0. The second-order valence-corrected chi connectivity index (χ2v) is 2.67. The van der Waals surface area contributed by atoms with E-state index in [9.17, 15) is 48.3 Å². The summed E-state index contributed by atoms with van der Waals surface area (Å²) in [4.78, 5) is 0. The minimum atomic E-state index is -5.82. The Hall–Kier alpha value is -1.49. The first-order valence-electron chi connectivity index (χ1n) is 4.33. The predicted molar refractivity (Wildman–Crippen MR) is 50.5 cm³/mol. The smallest absolute Gasteiger partial charge is 0.404 e. The molecule has 0 radical (unpaired) electrons. The van der Waals surface area contributed by atoms with Crippen molar-refractivity contribution >= 4 is 0 Å². The van der Waals surface area contributed by atoms with Crippen LogP contribution in [-0.4, -0.2) is 31.8 Å². The number of hydrogen-bond acceptors (Lipinski definition) is 1. The molecule has 0 aromatic heterocycles. The zero-order valence-electron chi connectivity index (χ0n) is 10.1. The van der Waals surface area contributed by atoms with Crippen molar-refractivity contribution in [3.63, 3.8) is 0 Å². The maximum atomic E-state index is 11.9. The number of hydrogen-bond donors (Lipinski definition) is 0. The van der Waals surface area contributed by atoms with Crippen LogP contribution in [0, 0.1) is 0 Å². The van der Waals surface area contributed by atoms with Crippen LogP contribution < -0.4 is 0 Å². The minimum absolute atomic E-state index is 0.0625. The molecule has 0 heterocycles. The average Bonchev–Trinajstić information content (AvgIpc) is 2.27. The molecular weight excluding hydrogens is 333 g/mol. The molecule has 0 aliphatic heterocycles. The lowest BCUT2D eigenvalue weighted by Crippen LogP contribution is -2.43. The van der Waals surface area contributed by atoms with Crippen molar-refractivity contribution in [3.05, 3.63) is 25.2 Å². The van der Waals surface area contributed by atoms with Crippen LogP contribution in [0.5, 0.6) is 0 Å². The van der Waals surface area contributed by atoms with E-state index in [-0.39, 0.29) is 6.08 Å². The van der Waals surface area contributed by atoms with Crippen LogP contribution >= 0.6 is 0 Å². The molecule has 0 amide bonds. The summed E-state index contributed by atoms with van der Waals surface area (Å²) >= 11 is 0. The van der Waals surface area contributed by atoms with Crippen LogP contribution in [0.25, 0.3) is 0 Å². The first-order valence-corrected chi connectivity index (χ1v) is 4.33. The molecule has 0 aromatic rings. The summed E-state index contributed by atoms with van der Waals surface area (Å²) in [6.45, 7) is 4.61. The number of allylic oxidation sites excluding steroid dienone is 1. The van der Waals surface area contributed by atoms with E-state index in [1.165, 1.54) is 0 Å². The molecule has 0 spiro atoms. The number of alkyl halides is 10. The van der Waals surface area contributed by atoms with E-state index in [0.717, 1.165) is 0 Å². The highest BCUT2D eigenvalue weighted by molar-refractivity contribution is 4.79. The van der Waals surface area contributed by atoms with Crippen LogP contribution in [0.2, 0.25) is 0 Å². The molecule has 0 N–H and O–H groups in total.